The van der Waals surface area contributed by atoms with Gasteiger partial charge in [0.1, 0.15) is 0 Å². The Balaban J connectivity index is 0.00000261. The van der Waals surface area contributed by atoms with Gasteiger partial charge in [-0.2, -0.15) is 5.10 Å². The number of carbonyl (C=O) groups is 2. The summed E-state index contributed by atoms with van der Waals surface area (Å²) < 4.78 is 1.86. The van der Waals surface area contributed by atoms with Crippen molar-refractivity contribution in [1.82, 2.24) is 20.4 Å². The minimum absolute atomic E-state index is 0. The molecule has 1 aromatic carbocycles. The Bertz CT molecular complexity index is 782. The summed E-state index contributed by atoms with van der Waals surface area (Å²) in [5, 5.41) is 13.3. The zero-order valence-corrected chi connectivity index (χ0v) is 15.8. The molecule has 0 spiro atoms. The number of rotatable bonds is 6. The number of aromatic nitrogens is 2. The van der Waals surface area contributed by atoms with Crippen LogP contribution in [0, 0.1) is 0 Å². The van der Waals surface area contributed by atoms with Crippen molar-refractivity contribution < 1.29 is 9.59 Å². The number of nitrogens with one attached hydrogen (secondary N) is 3. The van der Waals surface area contributed by atoms with E-state index < -0.39 is 0 Å². The number of carbonyl (C=O) groups excluding carboxylic acids is 2. The Morgan fingerprint density at radius 2 is 2.04 bits per heavy atom. The third-order valence-corrected chi connectivity index (χ3v) is 4.30. The first-order valence-corrected chi connectivity index (χ1v) is 8.74. The predicted octanol–water partition coefficient (Wildman–Crippen LogP) is 2.40. The quantitative estimate of drug-likeness (QED) is 0.662. The zero-order chi connectivity index (χ0) is 18.4. The van der Waals surface area contributed by atoms with Gasteiger partial charge in [-0.25, -0.2) is 0 Å². The minimum Gasteiger partial charge on any atom is -0.349 e. The van der Waals surface area contributed by atoms with Crippen molar-refractivity contribution in [3.8, 4) is 0 Å². The van der Waals surface area contributed by atoms with Gasteiger partial charge < -0.3 is 16.0 Å². The number of hydrogen-bond donors (Lipinski definition) is 3. The van der Waals surface area contributed by atoms with Crippen LogP contribution in [0.15, 0.2) is 49.2 Å². The number of hydrogen-bond acceptors (Lipinski definition) is 4. The smallest absolute Gasteiger partial charge is 0.276 e. The molecule has 1 fully saturated rings. The molecule has 1 saturated heterocycles. The summed E-state index contributed by atoms with van der Waals surface area (Å²) in [6.07, 6.45) is 5.64. The van der Waals surface area contributed by atoms with Crippen LogP contribution in [0.5, 0.6) is 0 Å². The topological polar surface area (TPSA) is 88.0 Å². The second-order valence-electron chi connectivity index (χ2n) is 6.21. The van der Waals surface area contributed by atoms with Crippen LogP contribution in [-0.4, -0.2) is 41.2 Å². The van der Waals surface area contributed by atoms with Crippen molar-refractivity contribution in [2.24, 2.45) is 0 Å². The van der Waals surface area contributed by atoms with Crippen molar-refractivity contribution in [2.45, 2.75) is 18.9 Å². The molecule has 1 aliphatic heterocycles. The van der Waals surface area contributed by atoms with E-state index in [-0.39, 0.29) is 24.2 Å². The van der Waals surface area contributed by atoms with Crippen molar-refractivity contribution in [1.29, 1.82) is 0 Å². The van der Waals surface area contributed by atoms with E-state index in [9.17, 15) is 9.59 Å². The molecule has 0 saturated carbocycles. The first-order valence-electron chi connectivity index (χ1n) is 8.74. The maximum absolute atomic E-state index is 12.4. The first-order chi connectivity index (χ1) is 12.7. The summed E-state index contributed by atoms with van der Waals surface area (Å²) in [6, 6.07) is 8.74. The van der Waals surface area contributed by atoms with Crippen LogP contribution in [-0.2, 0) is 0 Å². The number of piperidine rings is 1. The standard InChI is InChI=1S/C19H23N5O2.ClH/c1-2-10-21-18(25)14-5-7-15(8-6-14)22-19(26)17-9-12-24(23-17)16-4-3-11-20-13-16;/h2,5-9,12,16,20H,1,3-4,10-11,13H2,(H,21,25)(H,22,26);1H. The maximum atomic E-state index is 12.4. The zero-order valence-electron chi connectivity index (χ0n) is 15.0. The number of nitrogens with zero attached hydrogens (tertiary/aromatic N) is 2. The van der Waals surface area contributed by atoms with E-state index >= 15 is 0 Å². The second kappa shape index (κ2) is 9.89. The number of amides is 2. The van der Waals surface area contributed by atoms with Gasteiger partial charge >= 0.3 is 0 Å². The van der Waals surface area contributed by atoms with Gasteiger partial charge in [-0.05, 0) is 49.7 Å². The third kappa shape index (κ3) is 5.42. The monoisotopic (exact) mass is 389 g/mol. The molecular weight excluding hydrogens is 366 g/mol. The Kier molecular flexibility index (Phi) is 7.57. The van der Waals surface area contributed by atoms with Crippen LogP contribution in [0.2, 0.25) is 0 Å². The van der Waals surface area contributed by atoms with Gasteiger partial charge in [0.05, 0.1) is 6.04 Å². The van der Waals surface area contributed by atoms with Crippen LogP contribution in [0.25, 0.3) is 0 Å². The highest BCUT2D eigenvalue weighted by Gasteiger charge is 2.17. The Morgan fingerprint density at radius 3 is 2.70 bits per heavy atom. The molecule has 1 aromatic heterocycles. The van der Waals surface area contributed by atoms with Crippen LogP contribution in [0.4, 0.5) is 5.69 Å². The van der Waals surface area contributed by atoms with E-state index in [1.54, 1.807) is 36.4 Å². The van der Waals surface area contributed by atoms with Gasteiger partial charge in [-0.3, -0.25) is 14.3 Å². The van der Waals surface area contributed by atoms with Crippen LogP contribution >= 0.6 is 12.4 Å². The lowest BCUT2D eigenvalue weighted by molar-refractivity contribution is 0.0957. The molecule has 2 amide bonds. The van der Waals surface area contributed by atoms with E-state index in [1.165, 1.54) is 0 Å². The van der Waals surface area contributed by atoms with Gasteiger partial charge in [0.2, 0.25) is 0 Å². The predicted molar refractivity (Wildman–Crippen MR) is 108 cm³/mol. The second-order valence-corrected chi connectivity index (χ2v) is 6.21. The first kappa shape index (κ1) is 20.7. The van der Waals surface area contributed by atoms with Gasteiger partial charge in [0.25, 0.3) is 11.8 Å². The molecule has 3 N–H and O–H groups in total. The van der Waals surface area contributed by atoms with Crippen molar-refractivity contribution >= 4 is 29.9 Å². The van der Waals surface area contributed by atoms with Gasteiger partial charge in [0.15, 0.2) is 5.69 Å². The molecule has 1 atom stereocenters. The van der Waals surface area contributed by atoms with Crippen molar-refractivity contribution in [3.63, 3.8) is 0 Å². The number of halogens is 1. The SMILES string of the molecule is C=CCNC(=O)c1ccc(NC(=O)c2ccn(C3CCCNC3)n2)cc1.Cl. The lowest BCUT2D eigenvalue weighted by Crippen LogP contribution is -2.32. The van der Waals surface area contributed by atoms with Crippen LogP contribution < -0.4 is 16.0 Å². The summed E-state index contributed by atoms with van der Waals surface area (Å²) in [5.74, 6) is -0.445. The summed E-state index contributed by atoms with van der Waals surface area (Å²) in [7, 11) is 0. The van der Waals surface area contributed by atoms with Crippen molar-refractivity contribution in [2.75, 3.05) is 25.0 Å². The summed E-state index contributed by atoms with van der Waals surface area (Å²) >= 11 is 0. The summed E-state index contributed by atoms with van der Waals surface area (Å²) in [4.78, 5) is 24.2. The van der Waals surface area contributed by atoms with E-state index in [4.69, 9.17) is 0 Å². The van der Waals surface area contributed by atoms with Crippen molar-refractivity contribution in [3.05, 3.63) is 60.4 Å². The molecule has 0 aliphatic carbocycles. The summed E-state index contributed by atoms with van der Waals surface area (Å²) in [5.41, 5.74) is 1.52. The van der Waals surface area contributed by atoms with Gasteiger partial charge in [0, 0.05) is 30.5 Å². The number of benzene rings is 1. The van der Waals surface area contributed by atoms with E-state index in [2.05, 4.69) is 27.6 Å². The lowest BCUT2D eigenvalue weighted by atomic mass is 10.1. The van der Waals surface area contributed by atoms with Crippen LogP contribution in [0.1, 0.15) is 39.7 Å². The maximum Gasteiger partial charge on any atom is 0.276 e. The Hall–Kier alpha value is -2.64. The fraction of sp³-hybridized carbons (Fsp3) is 0.316. The highest BCUT2D eigenvalue weighted by atomic mass is 35.5. The molecule has 0 bridgehead atoms. The largest absolute Gasteiger partial charge is 0.349 e. The van der Waals surface area contributed by atoms with E-state index in [1.807, 2.05) is 10.9 Å². The number of anilines is 1. The minimum atomic E-state index is -0.267. The molecule has 2 heterocycles. The fourth-order valence-electron chi connectivity index (χ4n) is 2.89. The summed E-state index contributed by atoms with van der Waals surface area (Å²) in [6.45, 7) is 5.88. The molecule has 3 rings (SSSR count). The highest BCUT2D eigenvalue weighted by molar-refractivity contribution is 6.03. The van der Waals surface area contributed by atoms with E-state index in [0.717, 1.165) is 25.9 Å². The molecule has 0 radical (unpaired) electrons. The fourth-order valence-corrected chi connectivity index (χ4v) is 2.89. The third-order valence-electron chi connectivity index (χ3n) is 4.30. The van der Waals surface area contributed by atoms with E-state index in [0.29, 0.717) is 29.5 Å². The molecular formula is C19H24ClN5O2. The average Bonchev–Trinajstić information content (AvgIpc) is 3.18. The molecule has 1 aliphatic rings. The molecule has 27 heavy (non-hydrogen) atoms. The molecule has 8 heteroatoms. The Labute approximate surface area is 164 Å². The van der Waals surface area contributed by atoms with Crippen LogP contribution in [0.3, 0.4) is 0 Å². The van der Waals surface area contributed by atoms with Gasteiger partial charge in [-0.1, -0.05) is 6.08 Å². The molecule has 2 aromatic rings. The molecule has 144 valence electrons. The molecule has 1 unspecified atom stereocenters. The lowest BCUT2D eigenvalue weighted by Gasteiger charge is -2.22. The highest BCUT2D eigenvalue weighted by Crippen LogP contribution is 2.16. The Morgan fingerprint density at radius 1 is 1.26 bits per heavy atom. The average molecular weight is 390 g/mol. The normalized spacial score (nSPS) is 16.1. The molecule has 7 nitrogen and oxygen atoms in total. The van der Waals surface area contributed by atoms with Gasteiger partial charge in [-0.15, -0.1) is 19.0 Å².